The van der Waals surface area contributed by atoms with Crippen molar-refractivity contribution in [1.82, 2.24) is 9.88 Å². The highest BCUT2D eigenvalue weighted by Crippen LogP contribution is 2.41. The van der Waals surface area contributed by atoms with Gasteiger partial charge in [-0.3, -0.25) is 14.6 Å². The SMILES string of the molecule is O=C1C(=O)N(CCc2ccc(F)cc2)C(c2ccncc2)/C1=C(/O)c1ccc2c(c1)OCO2. The number of rotatable bonds is 5. The number of carbonyl (C=O) groups excluding carboxylic acids is 2. The quantitative estimate of drug-likeness (QED) is 0.366. The predicted octanol–water partition coefficient (Wildman–Crippen LogP) is 3.61. The number of halogens is 1. The first-order chi connectivity index (χ1) is 16.0. The molecular weight excluding hydrogens is 427 g/mol. The van der Waals surface area contributed by atoms with Crippen LogP contribution in [0.4, 0.5) is 4.39 Å². The molecule has 1 atom stereocenters. The summed E-state index contributed by atoms with van der Waals surface area (Å²) in [5, 5.41) is 11.1. The Kier molecular flexibility index (Phi) is 5.26. The number of aliphatic hydroxyl groups is 1. The maximum atomic E-state index is 13.2. The maximum Gasteiger partial charge on any atom is 0.295 e. The molecule has 0 radical (unpaired) electrons. The number of likely N-dealkylation sites (tertiary alicyclic amines) is 1. The monoisotopic (exact) mass is 446 g/mol. The summed E-state index contributed by atoms with van der Waals surface area (Å²) in [6.45, 7) is 0.283. The van der Waals surface area contributed by atoms with E-state index in [-0.39, 0.29) is 30.5 Å². The minimum atomic E-state index is -0.793. The highest BCUT2D eigenvalue weighted by molar-refractivity contribution is 6.46. The predicted molar refractivity (Wildman–Crippen MR) is 116 cm³/mol. The summed E-state index contributed by atoms with van der Waals surface area (Å²) in [6, 6.07) is 13.4. The van der Waals surface area contributed by atoms with Crippen LogP contribution in [0.2, 0.25) is 0 Å². The van der Waals surface area contributed by atoms with Gasteiger partial charge in [0, 0.05) is 24.5 Å². The van der Waals surface area contributed by atoms with Gasteiger partial charge in [0.05, 0.1) is 11.6 Å². The number of hydrogen-bond donors (Lipinski definition) is 1. The molecule has 1 aromatic heterocycles. The molecule has 5 rings (SSSR count). The van der Waals surface area contributed by atoms with Gasteiger partial charge < -0.3 is 19.5 Å². The van der Waals surface area contributed by atoms with Gasteiger partial charge >= 0.3 is 0 Å². The summed E-state index contributed by atoms with van der Waals surface area (Å²) in [5.41, 5.74) is 1.80. The first kappa shape index (κ1) is 20.7. The molecular formula is C25H19FN2O5. The molecule has 1 fully saturated rings. The standard InChI is InChI=1S/C25H19FN2O5/c26-18-4-1-15(2-5-18)9-12-28-22(16-7-10-27-11-8-16)21(24(30)25(28)31)23(29)17-3-6-19-20(13-17)33-14-32-19/h1-8,10-11,13,22,29H,9,12,14H2/b23-21-. The number of carbonyl (C=O) groups is 2. The number of aliphatic hydroxyl groups excluding tert-OH is 1. The van der Waals surface area contributed by atoms with E-state index in [0.717, 1.165) is 5.56 Å². The van der Waals surface area contributed by atoms with Crippen molar-refractivity contribution >= 4 is 17.4 Å². The summed E-state index contributed by atoms with van der Waals surface area (Å²) in [7, 11) is 0. The van der Waals surface area contributed by atoms with Crippen LogP contribution in [0, 0.1) is 5.82 Å². The summed E-state index contributed by atoms with van der Waals surface area (Å²) < 4.78 is 23.9. The summed E-state index contributed by atoms with van der Waals surface area (Å²) in [4.78, 5) is 31.5. The van der Waals surface area contributed by atoms with Gasteiger partial charge in [-0.05, 0) is 60.0 Å². The number of Topliss-reactive ketones (excluding diaryl/α,β-unsaturated/α-hetero) is 1. The number of nitrogens with zero attached hydrogens (tertiary/aromatic N) is 2. The average Bonchev–Trinajstić information content (AvgIpc) is 3.41. The lowest BCUT2D eigenvalue weighted by Crippen LogP contribution is -2.31. The first-order valence-electron chi connectivity index (χ1n) is 10.4. The zero-order valence-electron chi connectivity index (χ0n) is 17.4. The van der Waals surface area contributed by atoms with E-state index in [1.54, 1.807) is 54.9 Å². The Bertz CT molecular complexity index is 1260. The Morgan fingerprint density at radius 3 is 2.52 bits per heavy atom. The van der Waals surface area contributed by atoms with Crippen molar-refractivity contribution in [2.75, 3.05) is 13.3 Å². The van der Waals surface area contributed by atoms with Gasteiger partial charge in [0.1, 0.15) is 11.6 Å². The minimum absolute atomic E-state index is 0.0100. The molecule has 1 N–H and O–H groups in total. The third kappa shape index (κ3) is 3.80. The van der Waals surface area contributed by atoms with Gasteiger partial charge in [0.15, 0.2) is 11.5 Å². The van der Waals surface area contributed by atoms with Gasteiger partial charge in [-0.25, -0.2) is 4.39 Å². The van der Waals surface area contributed by atoms with E-state index < -0.39 is 17.7 Å². The van der Waals surface area contributed by atoms with Gasteiger partial charge in [-0.15, -0.1) is 0 Å². The van der Waals surface area contributed by atoms with E-state index in [4.69, 9.17) is 9.47 Å². The lowest BCUT2D eigenvalue weighted by Gasteiger charge is -2.25. The van der Waals surface area contributed by atoms with Crippen molar-refractivity contribution in [2.24, 2.45) is 0 Å². The van der Waals surface area contributed by atoms with Crippen LogP contribution in [0.25, 0.3) is 5.76 Å². The molecule has 0 aliphatic carbocycles. The number of fused-ring (bicyclic) bond motifs is 1. The van der Waals surface area contributed by atoms with E-state index in [1.165, 1.54) is 17.0 Å². The Balaban J connectivity index is 1.54. The van der Waals surface area contributed by atoms with Crippen LogP contribution in [-0.4, -0.2) is 40.0 Å². The van der Waals surface area contributed by atoms with Crippen LogP contribution in [0.3, 0.4) is 0 Å². The van der Waals surface area contributed by atoms with Crippen LogP contribution < -0.4 is 9.47 Å². The number of aromatic nitrogens is 1. The number of benzene rings is 2. The number of hydrogen-bond acceptors (Lipinski definition) is 6. The van der Waals surface area contributed by atoms with E-state index in [9.17, 15) is 19.1 Å². The molecule has 3 heterocycles. The molecule has 0 spiro atoms. The van der Waals surface area contributed by atoms with Crippen LogP contribution in [0.1, 0.15) is 22.7 Å². The Morgan fingerprint density at radius 1 is 1.03 bits per heavy atom. The van der Waals surface area contributed by atoms with Gasteiger partial charge in [0.25, 0.3) is 11.7 Å². The molecule has 2 aliphatic rings. The van der Waals surface area contributed by atoms with Gasteiger partial charge in [-0.1, -0.05) is 12.1 Å². The first-order valence-corrected chi connectivity index (χ1v) is 10.4. The van der Waals surface area contributed by atoms with Gasteiger partial charge in [-0.2, -0.15) is 0 Å². The Morgan fingerprint density at radius 2 is 1.76 bits per heavy atom. The van der Waals surface area contributed by atoms with Gasteiger partial charge in [0.2, 0.25) is 6.79 Å². The topological polar surface area (TPSA) is 89.0 Å². The normalized spacial score (nSPS) is 18.7. The molecule has 2 aliphatic heterocycles. The Labute approximate surface area is 188 Å². The molecule has 1 unspecified atom stereocenters. The second kappa shape index (κ2) is 8.38. The molecule has 33 heavy (non-hydrogen) atoms. The third-order valence-electron chi connectivity index (χ3n) is 5.76. The van der Waals surface area contributed by atoms with Crippen LogP contribution in [-0.2, 0) is 16.0 Å². The van der Waals surface area contributed by atoms with Crippen LogP contribution in [0.5, 0.6) is 11.5 Å². The highest BCUT2D eigenvalue weighted by Gasteiger charge is 2.45. The molecule has 166 valence electrons. The zero-order valence-corrected chi connectivity index (χ0v) is 17.4. The van der Waals surface area contributed by atoms with Crippen LogP contribution >= 0.6 is 0 Å². The maximum absolute atomic E-state index is 13.2. The second-order valence-electron chi connectivity index (χ2n) is 7.72. The van der Waals surface area contributed by atoms with Crippen molar-refractivity contribution in [2.45, 2.75) is 12.5 Å². The van der Waals surface area contributed by atoms with Crippen molar-refractivity contribution < 1.29 is 28.6 Å². The largest absolute Gasteiger partial charge is 0.507 e. The number of amides is 1. The zero-order chi connectivity index (χ0) is 22.9. The fraction of sp³-hybridized carbons (Fsp3) is 0.160. The van der Waals surface area contributed by atoms with E-state index in [2.05, 4.69) is 4.98 Å². The molecule has 2 aromatic carbocycles. The summed E-state index contributed by atoms with van der Waals surface area (Å²) in [6.07, 6.45) is 3.55. The van der Waals surface area contributed by atoms with Crippen molar-refractivity contribution in [3.8, 4) is 11.5 Å². The molecule has 3 aromatic rings. The summed E-state index contributed by atoms with van der Waals surface area (Å²) >= 11 is 0. The third-order valence-corrected chi connectivity index (χ3v) is 5.76. The fourth-order valence-corrected chi connectivity index (χ4v) is 4.10. The number of ether oxygens (including phenoxy) is 2. The van der Waals surface area contributed by atoms with Crippen molar-refractivity contribution in [1.29, 1.82) is 0 Å². The molecule has 1 amide bonds. The van der Waals surface area contributed by atoms with Crippen molar-refractivity contribution in [3.05, 3.63) is 95.1 Å². The molecule has 1 saturated heterocycles. The molecule has 7 nitrogen and oxygen atoms in total. The number of ketones is 1. The van der Waals surface area contributed by atoms with E-state index >= 15 is 0 Å². The molecule has 8 heteroatoms. The highest BCUT2D eigenvalue weighted by atomic mass is 19.1. The number of pyridine rings is 1. The minimum Gasteiger partial charge on any atom is -0.507 e. The van der Waals surface area contributed by atoms with Crippen molar-refractivity contribution in [3.63, 3.8) is 0 Å². The van der Waals surface area contributed by atoms with E-state index in [1.807, 2.05) is 0 Å². The molecule has 0 bridgehead atoms. The second-order valence-corrected chi connectivity index (χ2v) is 7.72. The lowest BCUT2D eigenvalue weighted by molar-refractivity contribution is -0.139. The Hall–Kier alpha value is -4.20. The summed E-state index contributed by atoms with van der Waals surface area (Å²) in [5.74, 6) is -1.13. The average molecular weight is 446 g/mol. The smallest absolute Gasteiger partial charge is 0.295 e. The van der Waals surface area contributed by atoms with E-state index in [0.29, 0.717) is 29.0 Å². The fourth-order valence-electron chi connectivity index (χ4n) is 4.10. The van der Waals surface area contributed by atoms with Crippen LogP contribution in [0.15, 0.2) is 72.6 Å². The molecule has 0 saturated carbocycles. The lowest BCUT2D eigenvalue weighted by atomic mass is 9.95.